The molecule has 6 aromatic carbocycles. The Labute approximate surface area is 280 Å². The fourth-order valence-corrected chi connectivity index (χ4v) is 5.80. The monoisotopic (exact) mass is 660 g/mol. The van der Waals surface area contributed by atoms with Gasteiger partial charge in [0.1, 0.15) is 11.5 Å². The largest absolute Gasteiger partial charge is 0.507 e. The van der Waals surface area contributed by atoms with Crippen LogP contribution in [0.1, 0.15) is 25.0 Å². The third-order valence-corrected chi connectivity index (χ3v) is 8.81. The molecule has 0 radical (unpaired) electrons. The van der Waals surface area contributed by atoms with E-state index in [9.17, 15) is 51.1 Å². The van der Waals surface area contributed by atoms with Crippen molar-refractivity contribution in [3.63, 3.8) is 0 Å². The van der Waals surface area contributed by atoms with Crippen LogP contribution in [0.15, 0.2) is 97.1 Å². The molecule has 0 saturated heterocycles. The maximum atomic E-state index is 11.6. The molecule has 0 saturated carbocycles. The molecule has 0 aliphatic carbocycles. The van der Waals surface area contributed by atoms with Gasteiger partial charge in [-0.05, 0) is 106 Å². The number of aromatic hydroxyl groups is 10. The van der Waals surface area contributed by atoms with Gasteiger partial charge in [0.2, 0.25) is 0 Å². The minimum atomic E-state index is -0.954. The molecule has 6 rings (SSSR count). The lowest BCUT2D eigenvalue weighted by Crippen LogP contribution is -2.19. The van der Waals surface area contributed by atoms with E-state index in [4.69, 9.17) is 0 Å². The molecule has 10 heteroatoms. The summed E-state index contributed by atoms with van der Waals surface area (Å²) < 4.78 is 0. The van der Waals surface area contributed by atoms with Crippen molar-refractivity contribution in [2.24, 2.45) is 0 Å². The maximum absolute atomic E-state index is 11.6. The highest BCUT2D eigenvalue weighted by molar-refractivity contribution is 5.87. The van der Waals surface area contributed by atoms with Crippen molar-refractivity contribution in [3.05, 3.63) is 108 Å². The van der Waals surface area contributed by atoms with Crippen LogP contribution in [-0.4, -0.2) is 51.1 Å². The smallest absolute Gasteiger partial charge is 0.158 e. The quantitative estimate of drug-likeness (QED) is 0.0788. The molecule has 49 heavy (non-hydrogen) atoms. The van der Waals surface area contributed by atoms with Gasteiger partial charge in [-0.25, -0.2) is 0 Å². The Hall–Kier alpha value is -6.68. The van der Waals surface area contributed by atoms with Crippen molar-refractivity contribution in [2.45, 2.75) is 19.3 Å². The molecule has 0 spiro atoms. The van der Waals surface area contributed by atoms with E-state index in [0.29, 0.717) is 33.4 Å². The van der Waals surface area contributed by atoms with Crippen LogP contribution in [0.5, 0.6) is 57.5 Å². The van der Waals surface area contributed by atoms with Crippen LogP contribution >= 0.6 is 0 Å². The normalized spacial score (nSPS) is 11.5. The van der Waals surface area contributed by atoms with E-state index < -0.39 is 28.4 Å². The molecule has 0 atom stereocenters. The number of hydrogen-bond acceptors (Lipinski definition) is 10. The lowest BCUT2D eigenvalue weighted by Gasteiger charge is -2.30. The molecule has 6 aromatic rings. The molecular formula is C39H32O10. The maximum Gasteiger partial charge on any atom is 0.158 e. The summed E-state index contributed by atoms with van der Waals surface area (Å²) in [5, 5.41) is 104. The summed E-state index contributed by atoms with van der Waals surface area (Å²) in [5.41, 5.74) is 2.81. The van der Waals surface area contributed by atoms with E-state index in [-0.39, 0.29) is 56.8 Å². The van der Waals surface area contributed by atoms with Gasteiger partial charge in [0.25, 0.3) is 0 Å². The standard InChI is InChI=1S/C39H32O10/c1-39(2,23-15-25(19-3-7-29(40)33(44)11-19)37(48)26(16-23)20-4-8-30(41)34(45)12-20)24-17-27(21-5-9-31(42)35(46)13-21)38(49)28(18-24)22-6-10-32(43)36(47)14-22/h3-18,40-49H,1-2H3. The van der Waals surface area contributed by atoms with Crippen molar-refractivity contribution in [2.75, 3.05) is 0 Å². The van der Waals surface area contributed by atoms with E-state index in [2.05, 4.69) is 0 Å². The van der Waals surface area contributed by atoms with Crippen molar-refractivity contribution in [3.8, 4) is 102 Å². The van der Waals surface area contributed by atoms with Crippen LogP contribution in [0.25, 0.3) is 44.5 Å². The van der Waals surface area contributed by atoms with Gasteiger partial charge in [-0.1, -0.05) is 38.1 Å². The second-order valence-corrected chi connectivity index (χ2v) is 12.3. The van der Waals surface area contributed by atoms with Gasteiger partial charge in [-0.3, -0.25) is 0 Å². The van der Waals surface area contributed by atoms with Gasteiger partial charge in [-0.2, -0.15) is 0 Å². The molecule has 10 nitrogen and oxygen atoms in total. The highest BCUT2D eigenvalue weighted by Gasteiger charge is 2.29. The fourth-order valence-electron chi connectivity index (χ4n) is 5.80. The predicted octanol–water partition coefficient (Wildman–Crippen LogP) is 7.74. The third-order valence-electron chi connectivity index (χ3n) is 8.81. The summed E-state index contributed by atoms with van der Waals surface area (Å²) in [6.07, 6.45) is 0. The summed E-state index contributed by atoms with van der Waals surface area (Å²) in [7, 11) is 0. The van der Waals surface area contributed by atoms with Crippen molar-refractivity contribution < 1.29 is 51.1 Å². The Kier molecular flexibility index (Phi) is 7.80. The van der Waals surface area contributed by atoms with Crippen molar-refractivity contribution >= 4 is 0 Å². The van der Waals surface area contributed by atoms with E-state index in [1.807, 2.05) is 13.8 Å². The minimum absolute atomic E-state index is 0.207. The lowest BCUT2D eigenvalue weighted by atomic mass is 9.74. The van der Waals surface area contributed by atoms with Gasteiger partial charge >= 0.3 is 0 Å². The van der Waals surface area contributed by atoms with Crippen LogP contribution in [0.2, 0.25) is 0 Å². The molecule has 0 bridgehead atoms. The summed E-state index contributed by atoms with van der Waals surface area (Å²) in [6, 6.07) is 23.2. The van der Waals surface area contributed by atoms with Crippen LogP contribution in [0.4, 0.5) is 0 Å². The Morgan fingerprint density at radius 2 is 0.531 bits per heavy atom. The summed E-state index contributed by atoms with van der Waals surface area (Å²) >= 11 is 0. The second kappa shape index (κ2) is 11.8. The van der Waals surface area contributed by atoms with E-state index in [0.717, 1.165) is 0 Å². The van der Waals surface area contributed by atoms with E-state index in [1.54, 1.807) is 24.3 Å². The lowest BCUT2D eigenvalue weighted by molar-refractivity contribution is 0.404. The Bertz CT molecular complexity index is 1970. The van der Waals surface area contributed by atoms with Gasteiger partial charge in [0.05, 0.1) is 0 Å². The van der Waals surface area contributed by atoms with Crippen molar-refractivity contribution in [1.29, 1.82) is 0 Å². The van der Waals surface area contributed by atoms with Crippen LogP contribution < -0.4 is 0 Å². The highest BCUT2D eigenvalue weighted by Crippen LogP contribution is 2.49. The second-order valence-electron chi connectivity index (χ2n) is 12.3. The number of phenols is 10. The van der Waals surface area contributed by atoms with Gasteiger partial charge in [0, 0.05) is 27.7 Å². The first-order valence-electron chi connectivity index (χ1n) is 15.0. The number of benzene rings is 6. The highest BCUT2D eigenvalue weighted by atomic mass is 16.3. The minimum Gasteiger partial charge on any atom is -0.507 e. The first-order valence-corrected chi connectivity index (χ1v) is 15.0. The van der Waals surface area contributed by atoms with Gasteiger partial charge in [-0.15, -0.1) is 0 Å². The summed E-state index contributed by atoms with van der Waals surface area (Å²) in [4.78, 5) is 0. The van der Waals surface area contributed by atoms with Gasteiger partial charge < -0.3 is 51.1 Å². The molecule has 0 aliphatic rings. The Morgan fingerprint density at radius 3 is 0.735 bits per heavy atom. The molecule has 0 aromatic heterocycles. The zero-order valence-corrected chi connectivity index (χ0v) is 26.2. The van der Waals surface area contributed by atoms with Crippen LogP contribution in [0.3, 0.4) is 0 Å². The van der Waals surface area contributed by atoms with Crippen LogP contribution in [-0.2, 0) is 5.41 Å². The number of hydrogen-bond donors (Lipinski definition) is 10. The topological polar surface area (TPSA) is 202 Å². The molecule has 0 aliphatic heterocycles. The van der Waals surface area contributed by atoms with Gasteiger partial charge in [0.15, 0.2) is 46.0 Å². The average molecular weight is 661 g/mol. The summed E-state index contributed by atoms with van der Waals surface area (Å²) in [6.45, 7) is 3.77. The summed E-state index contributed by atoms with van der Waals surface area (Å²) in [5.74, 6) is -3.47. The zero-order valence-electron chi connectivity index (χ0n) is 26.2. The van der Waals surface area contributed by atoms with Crippen LogP contribution in [0, 0.1) is 0 Å². The Balaban J connectivity index is 1.64. The van der Waals surface area contributed by atoms with Crippen molar-refractivity contribution in [1.82, 2.24) is 0 Å². The predicted molar refractivity (Wildman–Crippen MR) is 183 cm³/mol. The molecule has 0 fully saturated rings. The third kappa shape index (κ3) is 5.76. The number of phenolic OH excluding ortho intramolecular Hbond substituents is 10. The fraction of sp³-hybridized carbons (Fsp3) is 0.0769. The molecular weight excluding hydrogens is 628 g/mol. The SMILES string of the molecule is CC(C)(c1cc(-c2ccc(O)c(O)c2)c(O)c(-c2ccc(O)c(O)c2)c1)c1cc(-c2ccc(O)c(O)c2)c(O)c(-c2ccc(O)c(O)c2)c1. The average Bonchev–Trinajstić information content (AvgIpc) is 3.06. The molecule has 10 N–H and O–H groups in total. The first kappa shape index (κ1) is 32.3. The number of rotatable bonds is 6. The first-order chi connectivity index (χ1) is 23.1. The Morgan fingerprint density at radius 1 is 0.306 bits per heavy atom. The molecule has 0 amide bonds. The van der Waals surface area contributed by atoms with E-state index >= 15 is 0 Å². The van der Waals surface area contributed by atoms with E-state index in [1.165, 1.54) is 72.8 Å². The molecule has 0 unspecified atom stereocenters. The molecule has 0 heterocycles. The molecule has 248 valence electrons. The zero-order chi connectivity index (χ0) is 35.4.